The van der Waals surface area contributed by atoms with Gasteiger partial charge in [-0.05, 0) is 19.8 Å². The van der Waals surface area contributed by atoms with E-state index in [-0.39, 0.29) is 17.4 Å². The van der Waals surface area contributed by atoms with Gasteiger partial charge in [0, 0.05) is 32.5 Å². The Bertz CT molecular complexity index is 512. The number of aromatic nitrogens is 2. The number of ether oxygens (including phenoxy) is 1. The topological polar surface area (TPSA) is 64.4 Å². The van der Waals surface area contributed by atoms with E-state index in [1.165, 1.54) is 4.57 Å². The standard InChI is InChI=1S/C13H19N3O3/c1-3-19-13(18)10-5-4-7-16(9-10)11-12(17)15(2)8-6-14-11/h6,8,10H,3-5,7,9H2,1-2H3. The van der Waals surface area contributed by atoms with Crippen molar-refractivity contribution in [2.45, 2.75) is 19.8 Å². The maximum absolute atomic E-state index is 12.0. The SMILES string of the molecule is CCOC(=O)C1CCCN(c2nccn(C)c2=O)C1. The number of hydrogen-bond acceptors (Lipinski definition) is 5. The van der Waals surface area contributed by atoms with Crippen LogP contribution >= 0.6 is 0 Å². The van der Waals surface area contributed by atoms with Gasteiger partial charge in [0.2, 0.25) is 0 Å². The fourth-order valence-corrected chi connectivity index (χ4v) is 2.32. The van der Waals surface area contributed by atoms with Crippen LogP contribution in [0.3, 0.4) is 0 Å². The molecule has 0 amide bonds. The van der Waals surface area contributed by atoms with E-state index >= 15 is 0 Å². The van der Waals surface area contributed by atoms with Crippen molar-refractivity contribution >= 4 is 11.8 Å². The molecule has 0 bridgehead atoms. The van der Waals surface area contributed by atoms with Crippen LogP contribution in [0.25, 0.3) is 0 Å². The van der Waals surface area contributed by atoms with E-state index in [9.17, 15) is 9.59 Å². The maximum atomic E-state index is 12.0. The van der Waals surface area contributed by atoms with E-state index in [2.05, 4.69) is 4.98 Å². The molecular weight excluding hydrogens is 246 g/mol. The lowest BCUT2D eigenvalue weighted by atomic mass is 9.98. The van der Waals surface area contributed by atoms with Crippen molar-refractivity contribution < 1.29 is 9.53 Å². The normalized spacial score (nSPS) is 19.3. The third-order valence-corrected chi connectivity index (χ3v) is 3.34. The summed E-state index contributed by atoms with van der Waals surface area (Å²) in [6.07, 6.45) is 4.90. The number of aryl methyl sites for hydroxylation is 1. The average Bonchev–Trinajstić information content (AvgIpc) is 2.42. The monoisotopic (exact) mass is 265 g/mol. The first-order chi connectivity index (χ1) is 9.13. The smallest absolute Gasteiger partial charge is 0.310 e. The summed E-state index contributed by atoms with van der Waals surface area (Å²) in [6.45, 7) is 3.45. The van der Waals surface area contributed by atoms with Crippen molar-refractivity contribution in [3.63, 3.8) is 0 Å². The van der Waals surface area contributed by atoms with Gasteiger partial charge >= 0.3 is 5.97 Å². The second-order valence-electron chi connectivity index (χ2n) is 4.70. The Hall–Kier alpha value is -1.85. The largest absolute Gasteiger partial charge is 0.466 e. The first kappa shape index (κ1) is 13.6. The molecule has 0 saturated carbocycles. The van der Waals surface area contributed by atoms with Gasteiger partial charge in [0.05, 0.1) is 12.5 Å². The maximum Gasteiger partial charge on any atom is 0.310 e. The van der Waals surface area contributed by atoms with E-state index < -0.39 is 0 Å². The van der Waals surface area contributed by atoms with Crippen LogP contribution in [0, 0.1) is 5.92 Å². The predicted octanol–water partition coefficient (Wildman–Crippen LogP) is 0.560. The molecule has 2 rings (SSSR count). The quantitative estimate of drug-likeness (QED) is 0.747. The lowest BCUT2D eigenvalue weighted by molar-refractivity contribution is -0.148. The van der Waals surface area contributed by atoms with Gasteiger partial charge in [0.25, 0.3) is 5.56 Å². The zero-order valence-corrected chi connectivity index (χ0v) is 11.3. The van der Waals surface area contributed by atoms with E-state index in [1.54, 1.807) is 26.4 Å². The molecule has 1 fully saturated rings. The zero-order chi connectivity index (χ0) is 13.8. The van der Waals surface area contributed by atoms with E-state index in [0.29, 0.717) is 19.0 Å². The summed E-state index contributed by atoms with van der Waals surface area (Å²) in [5, 5.41) is 0. The highest BCUT2D eigenvalue weighted by molar-refractivity contribution is 5.73. The molecule has 0 radical (unpaired) electrons. The Morgan fingerprint density at radius 3 is 3.11 bits per heavy atom. The van der Waals surface area contributed by atoms with Gasteiger partial charge in [0.15, 0.2) is 5.82 Å². The molecule has 1 saturated heterocycles. The Labute approximate surface area is 112 Å². The minimum atomic E-state index is -0.181. The zero-order valence-electron chi connectivity index (χ0n) is 11.3. The second kappa shape index (κ2) is 5.86. The van der Waals surface area contributed by atoms with Crippen molar-refractivity contribution in [3.05, 3.63) is 22.7 Å². The Kier molecular flexibility index (Phi) is 4.19. The van der Waals surface area contributed by atoms with E-state index in [4.69, 9.17) is 4.74 Å². The molecule has 2 heterocycles. The molecule has 1 aliphatic rings. The van der Waals surface area contributed by atoms with Crippen molar-refractivity contribution in [2.24, 2.45) is 13.0 Å². The highest BCUT2D eigenvalue weighted by Crippen LogP contribution is 2.20. The lowest BCUT2D eigenvalue weighted by Gasteiger charge is -2.31. The molecule has 6 nitrogen and oxygen atoms in total. The number of hydrogen-bond donors (Lipinski definition) is 0. The number of rotatable bonds is 3. The number of nitrogens with zero attached hydrogens (tertiary/aromatic N) is 3. The fourth-order valence-electron chi connectivity index (χ4n) is 2.32. The third kappa shape index (κ3) is 2.94. The predicted molar refractivity (Wildman–Crippen MR) is 71.0 cm³/mol. The summed E-state index contributed by atoms with van der Waals surface area (Å²) in [5.74, 6) is 0.0689. The molecular formula is C13H19N3O3. The average molecular weight is 265 g/mol. The minimum Gasteiger partial charge on any atom is -0.466 e. The first-order valence-corrected chi connectivity index (χ1v) is 6.56. The summed E-state index contributed by atoms with van der Waals surface area (Å²) < 4.78 is 6.55. The summed E-state index contributed by atoms with van der Waals surface area (Å²) >= 11 is 0. The van der Waals surface area contributed by atoms with Gasteiger partial charge < -0.3 is 14.2 Å². The summed E-state index contributed by atoms with van der Waals surface area (Å²) in [6, 6.07) is 0. The van der Waals surface area contributed by atoms with Crippen LogP contribution in [0.4, 0.5) is 5.82 Å². The van der Waals surface area contributed by atoms with Crippen LogP contribution in [0.2, 0.25) is 0 Å². The molecule has 0 spiro atoms. The summed E-state index contributed by atoms with van der Waals surface area (Å²) in [4.78, 5) is 29.8. The van der Waals surface area contributed by atoms with Gasteiger partial charge in [-0.2, -0.15) is 0 Å². The van der Waals surface area contributed by atoms with Crippen LogP contribution in [0.1, 0.15) is 19.8 Å². The molecule has 6 heteroatoms. The second-order valence-corrected chi connectivity index (χ2v) is 4.70. The van der Waals surface area contributed by atoms with Crippen LogP contribution < -0.4 is 10.5 Å². The molecule has 1 unspecified atom stereocenters. The fraction of sp³-hybridized carbons (Fsp3) is 0.615. The van der Waals surface area contributed by atoms with Crippen molar-refractivity contribution in [1.29, 1.82) is 0 Å². The lowest BCUT2D eigenvalue weighted by Crippen LogP contribution is -2.42. The molecule has 19 heavy (non-hydrogen) atoms. The third-order valence-electron chi connectivity index (χ3n) is 3.34. The van der Waals surface area contributed by atoms with Crippen LogP contribution in [0.15, 0.2) is 17.2 Å². The number of piperidine rings is 1. The minimum absolute atomic E-state index is 0.132. The highest BCUT2D eigenvalue weighted by Gasteiger charge is 2.28. The Balaban J connectivity index is 2.15. The van der Waals surface area contributed by atoms with Crippen LogP contribution in [-0.4, -0.2) is 35.2 Å². The first-order valence-electron chi connectivity index (χ1n) is 6.56. The molecule has 1 aliphatic heterocycles. The molecule has 0 aliphatic carbocycles. The van der Waals surface area contributed by atoms with E-state index in [1.807, 2.05) is 4.90 Å². The van der Waals surface area contributed by atoms with Gasteiger partial charge in [-0.25, -0.2) is 4.98 Å². The van der Waals surface area contributed by atoms with Crippen molar-refractivity contribution in [3.8, 4) is 0 Å². The van der Waals surface area contributed by atoms with Gasteiger partial charge in [-0.1, -0.05) is 0 Å². The van der Waals surface area contributed by atoms with Gasteiger partial charge in [-0.15, -0.1) is 0 Å². The molecule has 1 atom stereocenters. The van der Waals surface area contributed by atoms with Gasteiger partial charge in [0.1, 0.15) is 0 Å². The van der Waals surface area contributed by atoms with Gasteiger partial charge in [-0.3, -0.25) is 9.59 Å². The Morgan fingerprint density at radius 2 is 2.37 bits per heavy atom. The van der Waals surface area contributed by atoms with Crippen molar-refractivity contribution in [2.75, 3.05) is 24.6 Å². The number of carbonyl (C=O) groups is 1. The molecule has 1 aromatic heterocycles. The summed E-state index contributed by atoms with van der Waals surface area (Å²) in [5.41, 5.74) is -0.132. The number of esters is 1. The van der Waals surface area contributed by atoms with Crippen molar-refractivity contribution in [1.82, 2.24) is 9.55 Å². The summed E-state index contributed by atoms with van der Waals surface area (Å²) in [7, 11) is 1.69. The molecule has 1 aromatic rings. The van der Waals surface area contributed by atoms with Crippen LogP contribution in [-0.2, 0) is 16.6 Å². The van der Waals surface area contributed by atoms with E-state index in [0.717, 1.165) is 19.4 Å². The number of carbonyl (C=O) groups excluding carboxylic acids is 1. The number of anilines is 1. The highest BCUT2D eigenvalue weighted by atomic mass is 16.5. The Morgan fingerprint density at radius 1 is 1.58 bits per heavy atom. The van der Waals surface area contributed by atoms with Crippen LogP contribution in [0.5, 0.6) is 0 Å². The molecule has 0 aromatic carbocycles. The molecule has 0 N–H and O–H groups in total. The molecule has 104 valence electrons.